The predicted octanol–water partition coefficient (Wildman–Crippen LogP) is 0.0254. The Kier molecular flexibility index (Phi) is 9.22. The first kappa shape index (κ1) is 22.7. The van der Waals surface area contributed by atoms with Crippen molar-refractivity contribution in [2.75, 3.05) is 25.5 Å². The van der Waals surface area contributed by atoms with Crippen molar-refractivity contribution in [3.05, 3.63) is 48.9 Å². The number of nitrogens with zero attached hydrogens (tertiary/aromatic N) is 3. The highest BCUT2D eigenvalue weighted by Gasteiger charge is 2.20. The second kappa shape index (κ2) is 11.4. The highest BCUT2D eigenvalue weighted by Crippen LogP contribution is 2.22. The number of nitrogens with one attached hydrogen (secondary N) is 3. The Hall–Kier alpha value is -3.35. The minimum atomic E-state index is -0.823. The fourth-order valence-corrected chi connectivity index (χ4v) is 2.22. The van der Waals surface area contributed by atoms with Gasteiger partial charge in [-0.3, -0.25) is 25.0 Å². The van der Waals surface area contributed by atoms with Gasteiger partial charge < -0.3 is 10.6 Å². The largest absolute Gasteiger partial charge is 0.373 e. The summed E-state index contributed by atoms with van der Waals surface area (Å²) in [5.74, 6) is -0.607. The highest BCUT2D eigenvalue weighted by molar-refractivity contribution is 6.18. The number of hydrogen-bond donors (Lipinski definition) is 3. The van der Waals surface area contributed by atoms with Crippen LogP contribution in [0.15, 0.2) is 18.2 Å². The van der Waals surface area contributed by atoms with Gasteiger partial charge in [0.05, 0.1) is 21.5 Å². The van der Waals surface area contributed by atoms with Gasteiger partial charge in [0.2, 0.25) is 0 Å². The van der Waals surface area contributed by atoms with Crippen molar-refractivity contribution in [1.29, 1.82) is 0 Å². The number of non-ortho nitro benzene ring substituents is 2. The summed E-state index contributed by atoms with van der Waals surface area (Å²) >= 11 is 5.44. The molecule has 0 saturated heterocycles. The molecule has 0 fully saturated rings. The number of nitroso groups, excluding NO2 is 1. The lowest BCUT2D eigenvalue weighted by molar-refractivity contribution is -0.639. The summed E-state index contributed by atoms with van der Waals surface area (Å²) in [6, 6.07) is 2.03. The van der Waals surface area contributed by atoms with Crippen LogP contribution in [0.3, 0.4) is 0 Å². The van der Waals surface area contributed by atoms with Crippen molar-refractivity contribution < 1.29 is 24.7 Å². The minimum Gasteiger partial charge on any atom is -0.352 e. The molecule has 13 nitrogen and oxygen atoms in total. The monoisotopic (exact) mass is 417 g/mol. The molecule has 0 spiro atoms. The number of halogens is 1. The van der Waals surface area contributed by atoms with Crippen LogP contribution in [0.5, 0.6) is 0 Å². The lowest BCUT2D eigenvalue weighted by Crippen LogP contribution is -2.81. The third kappa shape index (κ3) is 7.11. The van der Waals surface area contributed by atoms with E-state index in [0.717, 1.165) is 23.2 Å². The predicted molar refractivity (Wildman–Crippen MR) is 96.5 cm³/mol. The number of nitro benzene ring substituents is 2. The van der Waals surface area contributed by atoms with Crippen LogP contribution in [0, 0.1) is 25.1 Å². The molecular formula is C14H18ClN6O7+. The van der Waals surface area contributed by atoms with Gasteiger partial charge in [-0.05, 0) is 12.8 Å². The first-order valence-corrected chi connectivity index (χ1v) is 8.54. The second-order valence-corrected chi connectivity index (χ2v) is 5.76. The van der Waals surface area contributed by atoms with Crippen LogP contribution in [0.25, 0.3) is 0 Å². The summed E-state index contributed by atoms with van der Waals surface area (Å²) < 4.78 is 0. The van der Waals surface area contributed by atoms with E-state index in [-0.39, 0.29) is 31.1 Å². The van der Waals surface area contributed by atoms with Gasteiger partial charge in [0.25, 0.3) is 17.3 Å². The van der Waals surface area contributed by atoms with Gasteiger partial charge in [-0.2, -0.15) is 0 Å². The Balaban J connectivity index is 2.47. The van der Waals surface area contributed by atoms with Gasteiger partial charge in [-0.15, -0.1) is 11.6 Å². The Bertz CT molecular complexity index is 727. The average Bonchev–Trinajstić information content (AvgIpc) is 2.67. The molecule has 0 aliphatic carbocycles. The molecule has 0 aromatic heterocycles. The second-order valence-electron chi connectivity index (χ2n) is 5.38. The Morgan fingerprint density at radius 3 is 2.04 bits per heavy atom. The van der Waals surface area contributed by atoms with Crippen molar-refractivity contribution in [2.45, 2.75) is 12.8 Å². The van der Waals surface area contributed by atoms with E-state index in [2.05, 4.69) is 10.6 Å². The van der Waals surface area contributed by atoms with Crippen LogP contribution >= 0.6 is 11.6 Å². The van der Waals surface area contributed by atoms with Crippen molar-refractivity contribution in [3.63, 3.8) is 0 Å². The van der Waals surface area contributed by atoms with Crippen molar-refractivity contribution in [3.8, 4) is 0 Å². The standard InChI is InChI=1S/C14H17ClN6O7/c15-3-6-19(18-24)14(23)17-5-2-1-4-16-13(22)10-7-11(20(25)26)9-12(8-10)21(27)28/h7-9H,1-6H2,(H,16,22)(H,17,23)/p+1. The molecule has 0 radical (unpaired) electrons. The topological polar surface area (TPSA) is 179 Å². The summed E-state index contributed by atoms with van der Waals surface area (Å²) in [5.41, 5.74) is -1.32. The lowest BCUT2D eigenvalue weighted by Gasteiger charge is -2.09. The smallest absolute Gasteiger partial charge is 0.352 e. The zero-order valence-corrected chi connectivity index (χ0v) is 15.3. The van der Waals surface area contributed by atoms with Crippen LogP contribution in [0.2, 0.25) is 0 Å². The first-order valence-electron chi connectivity index (χ1n) is 8.01. The normalized spacial score (nSPS) is 10.0. The summed E-state index contributed by atoms with van der Waals surface area (Å²) in [6.45, 7) is 0.441. The zero-order chi connectivity index (χ0) is 21.1. The number of hydrazine groups is 1. The van der Waals surface area contributed by atoms with Gasteiger partial charge in [0.15, 0.2) is 0 Å². The molecule has 0 unspecified atom stereocenters. The molecule has 0 bridgehead atoms. The van der Waals surface area contributed by atoms with Gasteiger partial charge in [-0.25, -0.2) is 4.79 Å². The summed E-state index contributed by atoms with van der Waals surface area (Å²) in [5, 5.41) is 28.8. The molecule has 0 aliphatic heterocycles. The van der Waals surface area contributed by atoms with Crippen molar-refractivity contribution in [1.82, 2.24) is 15.6 Å². The molecule has 3 amide bonds. The maximum absolute atomic E-state index is 12.0. The van der Waals surface area contributed by atoms with Crippen LogP contribution in [0.1, 0.15) is 23.2 Å². The van der Waals surface area contributed by atoms with E-state index in [4.69, 9.17) is 11.6 Å². The number of benzene rings is 1. The Labute approximate surface area is 163 Å². The highest BCUT2D eigenvalue weighted by atomic mass is 35.5. The molecule has 0 heterocycles. The Morgan fingerprint density at radius 1 is 1.04 bits per heavy atom. The lowest BCUT2D eigenvalue weighted by atomic mass is 10.1. The van der Waals surface area contributed by atoms with Gasteiger partial charge in [-0.1, -0.05) is 5.01 Å². The number of carbonyl (C=O) groups excluding carboxylic acids is 2. The minimum absolute atomic E-state index is 0.0301. The number of alkyl halides is 1. The molecule has 14 heteroatoms. The number of urea groups is 1. The van der Waals surface area contributed by atoms with E-state index in [9.17, 15) is 34.7 Å². The fraction of sp³-hybridized carbons (Fsp3) is 0.429. The molecular weight excluding hydrogens is 400 g/mol. The third-order valence-electron chi connectivity index (χ3n) is 3.42. The number of hydrogen-bond acceptors (Lipinski definition) is 7. The van der Waals surface area contributed by atoms with Crippen LogP contribution < -0.4 is 15.9 Å². The number of rotatable bonds is 11. The molecule has 1 rings (SSSR count). The number of amides is 3. The van der Waals surface area contributed by atoms with Crippen LogP contribution in [0.4, 0.5) is 16.2 Å². The molecule has 1 aromatic carbocycles. The van der Waals surface area contributed by atoms with Crippen LogP contribution in [-0.4, -0.2) is 52.3 Å². The maximum Gasteiger partial charge on any atom is 0.373 e. The van der Waals surface area contributed by atoms with E-state index in [1.54, 1.807) is 0 Å². The summed E-state index contributed by atoms with van der Waals surface area (Å²) in [4.78, 5) is 54.2. The molecule has 0 atom stereocenters. The van der Waals surface area contributed by atoms with E-state index < -0.39 is 33.2 Å². The Morgan fingerprint density at radius 2 is 1.57 bits per heavy atom. The quantitative estimate of drug-likeness (QED) is 0.196. The van der Waals surface area contributed by atoms with Crippen molar-refractivity contribution >= 4 is 34.9 Å². The van der Waals surface area contributed by atoms with Gasteiger partial charge in [0, 0.05) is 36.0 Å². The molecule has 28 heavy (non-hydrogen) atoms. The molecule has 1 aromatic rings. The number of carbonyl (C=O) groups is 2. The van der Waals surface area contributed by atoms with Crippen molar-refractivity contribution in [2.24, 2.45) is 0 Å². The average molecular weight is 418 g/mol. The number of nitro groups is 2. The maximum atomic E-state index is 12.0. The summed E-state index contributed by atoms with van der Waals surface area (Å²) in [7, 11) is 0. The third-order valence-corrected chi connectivity index (χ3v) is 3.58. The van der Waals surface area contributed by atoms with Crippen LogP contribution in [-0.2, 0) is 0 Å². The van der Waals surface area contributed by atoms with E-state index in [1.807, 2.05) is 0 Å². The zero-order valence-electron chi connectivity index (χ0n) is 14.6. The molecule has 0 saturated carbocycles. The molecule has 3 N–H and O–H groups in total. The molecule has 0 aliphatic rings. The van der Waals surface area contributed by atoms with Gasteiger partial charge >= 0.3 is 6.03 Å². The molecule has 152 valence electrons. The van der Waals surface area contributed by atoms with E-state index >= 15 is 0 Å². The van der Waals surface area contributed by atoms with E-state index in [0.29, 0.717) is 12.8 Å². The number of unbranched alkanes of at least 4 members (excludes halogenated alkanes) is 1. The SMILES string of the molecule is O=[NH+]N(CCCl)C(=O)NCCCCNC(=O)c1cc([N+](=O)[O-])cc([N+](=O)[O-])c1. The summed E-state index contributed by atoms with van der Waals surface area (Å²) in [6.07, 6.45) is 0.915. The van der Waals surface area contributed by atoms with E-state index in [1.165, 1.54) is 5.29 Å². The first-order chi connectivity index (χ1) is 13.3. The fourth-order valence-electron chi connectivity index (χ4n) is 2.05. The van der Waals surface area contributed by atoms with Gasteiger partial charge in [0.1, 0.15) is 11.8 Å².